The van der Waals surface area contributed by atoms with Crippen LogP contribution in [0.2, 0.25) is 5.02 Å². The Kier molecular flexibility index (Phi) is 6.40. The number of hydrogen-bond acceptors (Lipinski definition) is 2. The van der Waals surface area contributed by atoms with Crippen LogP contribution in [0.3, 0.4) is 0 Å². The first-order valence-electron chi connectivity index (χ1n) is 9.28. The molecule has 0 saturated heterocycles. The zero-order chi connectivity index (χ0) is 18.4. The summed E-state index contributed by atoms with van der Waals surface area (Å²) in [5, 5.41) is 6.49. The van der Waals surface area contributed by atoms with Crippen molar-refractivity contribution in [2.45, 2.75) is 32.7 Å². The number of halogens is 1. The molecule has 3 rings (SSSR count). The first-order chi connectivity index (χ1) is 12.7. The van der Waals surface area contributed by atoms with E-state index in [1.165, 1.54) is 23.2 Å². The monoisotopic (exact) mass is 371 g/mol. The van der Waals surface area contributed by atoms with Gasteiger partial charge in [0.1, 0.15) is 0 Å². The maximum Gasteiger partial charge on any atom is 0.315 e. The van der Waals surface area contributed by atoms with Crippen LogP contribution in [-0.4, -0.2) is 25.7 Å². The van der Waals surface area contributed by atoms with Gasteiger partial charge >= 0.3 is 6.03 Å². The highest BCUT2D eigenvalue weighted by molar-refractivity contribution is 6.30. The summed E-state index contributed by atoms with van der Waals surface area (Å²) in [6, 6.07) is 14.0. The fraction of sp³-hybridized carbons (Fsp3) is 0.381. The Labute approximate surface area is 160 Å². The lowest BCUT2D eigenvalue weighted by Crippen LogP contribution is -2.36. The quantitative estimate of drug-likeness (QED) is 0.801. The Morgan fingerprint density at radius 1 is 1.12 bits per heavy atom. The molecule has 0 bridgehead atoms. The third kappa shape index (κ3) is 4.92. The van der Waals surface area contributed by atoms with Crippen LogP contribution in [0.5, 0.6) is 0 Å². The number of nitrogens with one attached hydrogen (secondary N) is 2. The van der Waals surface area contributed by atoms with Gasteiger partial charge in [-0.15, -0.1) is 0 Å². The van der Waals surface area contributed by atoms with Gasteiger partial charge < -0.3 is 15.5 Å². The van der Waals surface area contributed by atoms with Crippen molar-refractivity contribution in [2.75, 3.05) is 24.5 Å². The Morgan fingerprint density at radius 3 is 2.65 bits per heavy atom. The summed E-state index contributed by atoms with van der Waals surface area (Å²) in [6.07, 6.45) is 3.21. The summed E-state index contributed by atoms with van der Waals surface area (Å²) in [6.45, 7) is 5.53. The third-order valence-electron chi connectivity index (χ3n) is 4.81. The second kappa shape index (κ2) is 8.95. The summed E-state index contributed by atoms with van der Waals surface area (Å²) in [5.74, 6) is 0. The standard InChI is InChI=1S/C21H26ClN3O/c1-2-25-13-3-4-18-14-16(7-10-20(18)25)11-12-23-21(26)24-15-17-5-8-19(22)9-6-17/h5-10,14H,2-4,11-13,15H2,1H3,(H2,23,24,26). The number of urea groups is 1. The number of aryl methyl sites for hydroxylation is 1. The summed E-state index contributed by atoms with van der Waals surface area (Å²) >= 11 is 5.86. The molecule has 0 saturated carbocycles. The molecule has 26 heavy (non-hydrogen) atoms. The maximum atomic E-state index is 11.9. The second-order valence-corrected chi connectivity index (χ2v) is 7.07. The lowest BCUT2D eigenvalue weighted by Gasteiger charge is -2.30. The highest BCUT2D eigenvalue weighted by Crippen LogP contribution is 2.27. The Hall–Kier alpha value is -2.20. The predicted molar refractivity (Wildman–Crippen MR) is 108 cm³/mol. The van der Waals surface area contributed by atoms with Gasteiger partial charge in [0.15, 0.2) is 0 Å². The zero-order valence-electron chi connectivity index (χ0n) is 15.2. The van der Waals surface area contributed by atoms with E-state index in [9.17, 15) is 4.79 Å². The number of hydrogen-bond donors (Lipinski definition) is 2. The lowest BCUT2D eigenvalue weighted by molar-refractivity contribution is 0.240. The molecule has 0 aliphatic carbocycles. The molecule has 1 aliphatic rings. The van der Waals surface area contributed by atoms with Gasteiger partial charge in [-0.3, -0.25) is 0 Å². The van der Waals surface area contributed by atoms with Crippen molar-refractivity contribution in [1.29, 1.82) is 0 Å². The lowest BCUT2D eigenvalue weighted by atomic mass is 9.98. The SMILES string of the molecule is CCN1CCCc2cc(CCNC(=O)NCc3ccc(Cl)cc3)ccc21. The number of carbonyl (C=O) groups excluding carboxylic acids is 1. The summed E-state index contributed by atoms with van der Waals surface area (Å²) < 4.78 is 0. The topological polar surface area (TPSA) is 44.4 Å². The van der Waals surface area contributed by atoms with E-state index < -0.39 is 0 Å². The molecule has 0 atom stereocenters. The van der Waals surface area contributed by atoms with Gasteiger partial charge in [-0.2, -0.15) is 0 Å². The van der Waals surface area contributed by atoms with Crippen LogP contribution in [0.4, 0.5) is 10.5 Å². The van der Waals surface area contributed by atoms with E-state index >= 15 is 0 Å². The fourth-order valence-electron chi connectivity index (χ4n) is 3.38. The summed E-state index contributed by atoms with van der Waals surface area (Å²) in [7, 11) is 0. The molecule has 4 nitrogen and oxygen atoms in total. The van der Waals surface area contributed by atoms with Crippen molar-refractivity contribution in [3.63, 3.8) is 0 Å². The molecular weight excluding hydrogens is 346 g/mol. The molecule has 138 valence electrons. The van der Waals surface area contributed by atoms with E-state index in [4.69, 9.17) is 11.6 Å². The number of benzene rings is 2. The summed E-state index contributed by atoms with van der Waals surface area (Å²) in [5.41, 5.74) is 5.11. The first-order valence-corrected chi connectivity index (χ1v) is 9.66. The van der Waals surface area contributed by atoms with Crippen LogP contribution in [0.1, 0.15) is 30.0 Å². The molecule has 1 aliphatic heterocycles. The van der Waals surface area contributed by atoms with Crippen LogP contribution in [0.25, 0.3) is 0 Å². The van der Waals surface area contributed by atoms with Crippen LogP contribution in [0, 0.1) is 0 Å². The van der Waals surface area contributed by atoms with E-state index in [2.05, 4.69) is 40.7 Å². The van der Waals surface area contributed by atoms with Crippen molar-refractivity contribution >= 4 is 23.3 Å². The normalized spacial score (nSPS) is 13.2. The highest BCUT2D eigenvalue weighted by atomic mass is 35.5. The minimum atomic E-state index is -0.143. The van der Waals surface area contributed by atoms with Gasteiger partial charge in [-0.25, -0.2) is 4.79 Å². The van der Waals surface area contributed by atoms with Crippen LogP contribution < -0.4 is 15.5 Å². The van der Waals surface area contributed by atoms with E-state index in [-0.39, 0.29) is 6.03 Å². The molecule has 2 aromatic rings. The van der Waals surface area contributed by atoms with Crippen molar-refractivity contribution in [2.24, 2.45) is 0 Å². The second-order valence-electron chi connectivity index (χ2n) is 6.63. The average molecular weight is 372 g/mol. The van der Waals surface area contributed by atoms with E-state index in [1.807, 2.05) is 24.3 Å². The number of carbonyl (C=O) groups is 1. The molecule has 0 spiro atoms. The van der Waals surface area contributed by atoms with Crippen LogP contribution in [0.15, 0.2) is 42.5 Å². The molecule has 2 amide bonds. The van der Waals surface area contributed by atoms with Gasteiger partial charge in [-0.1, -0.05) is 35.9 Å². The van der Waals surface area contributed by atoms with Gasteiger partial charge in [0.25, 0.3) is 0 Å². The molecular formula is C21H26ClN3O. The molecule has 0 fully saturated rings. The number of rotatable bonds is 6. The van der Waals surface area contributed by atoms with Crippen molar-refractivity contribution < 1.29 is 4.79 Å². The average Bonchev–Trinajstić information content (AvgIpc) is 2.67. The zero-order valence-corrected chi connectivity index (χ0v) is 16.0. The number of nitrogens with zero attached hydrogens (tertiary/aromatic N) is 1. The Morgan fingerprint density at radius 2 is 1.88 bits per heavy atom. The third-order valence-corrected chi connectivity index (χ3v) is 5.06. The van der Waals surface area contributed by atoms with Gasteiger partial charge in [-0.05, 0) is 61.1 Å². The van der Waals surface area contributed by atoms with Gasteiger partial charge in [0.2, 0.25) is 0 Å². The minimum absolute atomic E-state index is 0.143. The van der Waals surface area contributed by atoms with E-state index in [0.29, 0.717) is 18.1 Å². The molecule has 0 unspecified atom stereocenters. The van der Waals surface area contributed by atoms with Crippen molar-refractivity contribution in [3.05, 3.63) is 64.2 Å². The van der Waals surface area contributed by atoms with Crippen molar-refractivity contribution in [3.8, 4) is 0 Å². The number of fused-ring (bicyclic) bond motifs is 1. The molecule has 0 radical (unpaired) electrons. The number of amides is 2. The molecule has 0 aromatic heterocycles. The number of anilines is 1. The Bertz CT molecular complexity index is 745. The van der Waals surface area contributed by atoms with Gasteiger partial charge in [0, 0.05) is 36.9 Å². The van der Waals surface area contributed by atoms with Crippen molar-refractivity contribution in [1.82, 2.24) is 10.6 Å². The van der Waals surface area contributed by atoms with E-state index in [0.717, 1.165) is 31.5 Å². The smallest absolute Gasteiger partial charge is 0.315 e. The largest absolute Gasteiger partial charge is 0.372 e. The highest BCUT2D eigenvalue weighted by Gasteiger charge is 2.15. The summed E-state index contributed by atoms with van der Waals surface area (Å²) in [4.78, 5) is 14.4. The first kappa shape index (κ1) is 18.6. The molecule has 5 heteroatoms. The molecule has 2 aromatic carbocycles. The fourth-order valence-corrected chi connectivity index (χ4v) is 3.51. The van der Waals surface area contributed by atoms with E-state index in [1.54, 1.807) is 0 Å². The van der Waals surface area contributed by atoms with Gasteiger partial charge in [0.05, 0.1) is 0 Å². The molecule has 1 heterocycles. The van der Waals surface area contributed by atoms with Crippen LogP contribution >= 0.6 is 11.6 Å². The predicted octanol–water partition coefficient (Wildman–Crippen LogP) is 4.15. The Balaban J connectivity index is 1.44. The maximum absolute atomic E-state index is 11.9. The van der Waals surface area contributed by atoms with Crippen LogP contribution in [-0.2, 0) is 19.4 Å². The molecule has 2 N–H and O–H groups in total. The minimum Gasteiger partial charge on any atom is -0.372 e.